The number of carboxylic acids is 1. The fraction of sp³-hybridized carbons (Fsp3) is 0.714. The van der Waals surface area contributed by atoms with Gasteiger partial charge in [-0.1, -0.05) is 87.1 Å². The van der Waals surface area contributed by atoms with Crippen LogP contribution in [-0.4, -0.2) is 210 Å². The van der Waals surface area contributed by atoms with Gasteiger partial charge in [-0.25, -0.2) is 26.4 Å². The number of amides is 7. The highest BCUT2D eigenvalue weighted by Gasteiger charge is 2.58. The van der Waals surface area contributed by atoms with Crippen LogP contribution in [-0.2, 0) is 71.1 Å². The second-order valence-electron chi connectivity index (χ2n) is 30.1. The minimum Gasteiger partial charge on any atom is -0.481 e. The summed E-state index contributed by atoms with van der Waals surface area (Å²) < 4.78 is 64.1. The standard InChI is InChI=1S/C35H53N5O7S.C25H42N4O8S.C10H13N/c1-22(38(5)34(44)47-35(2,3)4)31(41)37-29(24-14-8-7-9-15-24)33(43)39-20-19-28-30(39)26(21-40(28)48(6,45)46)32(42)36-27-18-12-16-23-13-10-11-17-25(23)27;1-15(27(5)24(34)37-25(2,3)4)21(30)26-19(16-10-8-7-9-11-16)22(31)28-13-12-18-20(28)17(23(32)33)14-29(18)38(6,35)36;11-10-7-3-5-8-4-1-2-6-9(8)10/h10-11,13,17,22,24,26-30H,7-9,12,14-16,18-21H2,1-6H3,(H,36,42)(H,37,41);15-20H,7-14H2,1-6H3,(H,26,30)(H,32,33);1-2,4,6,10H,3,5,7,11H2/t22-,26-,27+,28+,29-,30+;15-,17-,18+,19-,20+;10-/m001/s1. The first-order valence-electron chi connectivity index (χ1n) is 35.0. The number of rotatable bonds is 15. The lowest BCUT2D eigenvalue weighted by Crippen LogP contribution is -2.59. The Bertz CT molecular complexity index is 3400. The molecular formula is C70H108N10O15S2. The monoisotopic (exact) mass is 1390 g/mol. The molecule has 97 heavy (non-hydrogen) atoms. The van der Waals surface area contributed by atoms with Crippen LogP contribution in [0.5, 0.6) is 0 Å². The second-order valence-corrected chi connectivity index (χ2v) is 34.0. The van der Waals surface area contributed by atoms with Crippen molar-refractivity contribution in [3.63, 3.8) is 0 Å². The molecule has 2 aromatic carbocycles. The highest BCUT2D eigenvalue weighted by atomic mass is 32.2. The third-order valence-corrected chi connectivity index (χ3v) is 23.5. The van der Waals surface area contributed by atoms with E-state index >= 15 is 0 Å². The molecule has 0 spiro atoms. The number of fused-ring (bicyclic) bond motifs is 4. The van der Waals surface area contributed by atoms with E-state index in [-0.39, 0.29) is 55.9 Å². The molecule has 27 heteroatoms. The molecule has 4 heterocycles. The third kappa shape index (κ3) is 18.7. The number of carboxylic acid groups (broad SMARTS) is 1. The molecule has 4 aliphatic heterocycles. The number of aliphatic carboxylic acids is 1. The van der Waals surface area contributed by atoms with Crippen LogP contribution in [0.4, 0.5) is 9.59 Å². The summed E-state index contributed by atoms with van der Waals surface area (Å²) in [5, 5.41) is 18.9. The number of likely N-dealkylation sites (N-methyl/N-ethyl adjacent to an activating group) is 2. The average molecular weight is 1390 g/mol. The van der Waals surface area contributed by atoms with E-state index in [9.17, 15) is 60.3 Å². The summed E-state index contributed by atoms with van der Waals surface area (Å²) in [5.41, 5.74) is 9.56. The fourth-order valence-corrected chi connectivity index (χ4v) is 18.0. The summed E-state index contributed by atoms with van der Waals surface area (Å²) in [5.74, 6) is -5.18. The number of ether oxygens (including phenoxy) is 2. The summed E-state index contributed by atoms with van der Waals surface area (Å²) in [7, 11) is -4.37. The topological polar surface area (TPSA) is 325 Å². The number of nitrogens with zero attached hydrogens (tertiary/aromatic N) is 6. The molecule has 4 saturated heterocycles. The van der Waals surface area contributed by atoms with Crippen molar-refractivity contribution >= 4 is 67.7 Å². The molecule has 2 aromatic rings. The Labute approximate surface area is 574 Å². The summed E-state index contributed by atoms with van der Waals surface area (Å²) >= 11 is 0. The van der Waals surface area contributed by atoms with E-state index in [1.165, 1.54) is 66.9 Å². The maximum atomic E-state index is 14.6. The van der Waals surface area contributed by atoms with Crippen molar-refractivity contribution in [2.24, 2.45) is 29.4 Å². The number of sulfonamides is 2. The van der Waals surface area contributed by atoms with Gasteiger partial charge in [0, 0.05) is 58.4 Å². The fourth-order valence-electron chi connectivity index (χ4n) is 15.7. The first kappa shape index (κ1) is 76.3. The first-order valence-corrected chi connectivity index (χ1v) is 38.7. The minimum atomic E-state index is -3.66. The number of nitrogens with two attached hydrogens (primary N) is 1. The lowest BCUT2D eigenvalue weighted by Gasteiger charge is -2.37. The van der Waals surface area contributed by atoms with Gasteiger partial charge in [-0.05, 0) is 167 Å². The normalized spacial score (nSPS) is 25.9. The molecule has 2 saturated carbocycles. The first-order chi connectivity index (χ1) is 45.5. The van der Waals surface area contributed by atoms with E-state index in [1.54, 1.807) is 60.3 Å². The smallest absolute Gasteiger partial charge is 0.410 e. The molecule has 12 atom stereocenters. The molecule has 8 aliphatic rings. The number of benzene rings is 2. The predicted molar refractivity (Wildman–Crippen MR) is 366 cm³/mol. The number of likely N-dealkylation sites (tertiary alicyclic amines) is 2. The van der Waals surface area contributed by atoms with Gasteiger partial charge in [0.2, 0.25) is 49.6 Å². The Hall–Kier alpha value is -6.42. The van der Waals surface area contributed by atoms with E-state index in [4.69, 9.17) is 15.2 Å². The molecule has 0 bridgehead atoms. The number of aryl methyl sites for hydroxylation is 2. The quantitative estimate of drug-likeness (QED) is 0.125. The molecule has 6 fully saturated rings. The van der Waals surface area contributed by atoms with Crippen molar-refractivity contribution in [3.8, 4) is 0 Å². The Morgan fingerprint density at radius 3 is 1.36 bits per heavy atom. The van der Waals surface area contributed by atoms with Gasteiger partial charge in [0.25, 0.3) is 0 Å². The van der Waals surface area contributed by atoms with Gasteiger partial charge in [-0.3, -0.25) is 38.6 Å². The molecule has 6 N–H and O–H groups in total. The Kier molecular flexibility index (Phi) is 25.1. The zero-order valence-electron chi connectivity index (χ0n) is 59.0. The molecule has 0 unspecified atom stereocenters. The number of nitrogens with one attached hydrogen (secondary N) is 3. The summed E-state index contributed by atoms with van der Waals surface area (Å²) in [4.78, 5) is 113. The summed E-state index contributed by atoms with van der Waals surface area (Å²) in [6, 6.07) is 10.5. The molecule has 10 rings (SSSR count). The number of carbonyl (C=O) groups is 8. The minimum absolute atomic E-state index is 0.00365. The molecule has 7 amide bonds. The van der Waals surface area contributed by atoms with Crippen LogP contribution in [0.3, 0.4) is 0 Å². The van der Waals surface area contributed by atoms with Gasteiger partial charge < -0.3 is 46.1 Å². The third-order valence-electron chi connectivity index (χ3n) is 21.0. The van der Waals surface area contributed by atoms with Crippen molar-refractivity contribution in [2.75, 3.05) is 52.8 Å². The number of hydrogen-bond acceptors (Lipinski definition) is 15. The highest BCUT2D eigenvalue weighted by molar-refractivity contribution is 7.88. The number of hydrogen-bond donors (Lipinski definition) is 5. The largest absolute Gasteiger partial charge is 0.481 e. The SMILES string of the molecule is C[C@@H](C(=O)N[C@H](C(=O)N1CC[C@@H]2[C@H]1[C@@H](C(=O)N[C@@H]1CCCc3ccccc31)CN2S(C)(=O)=O)C1CCCCC1)N(C)C(=O)OC(C)(C)C.C[C@@H](C(=O)N[C@H](C(=O)N1CC[C@@H]2[C@H]1[C@@H](C(=O)O)CN2S(C)(=O)=O)C1CCCCC1)N(C)C(=O)OC(C)(C)C.N[C@@H]1CCCc2ccccc21. The van der Waals surface area contributed by atoms with Crippen molar-refractivity contribution < 1.29 is 69.8 Å². The lowest BCUT2D eigenvalue weighted by molar-refractivity contribution is -0.146. The van der Waals surface area contributed by atoms with E-state index in [0.717, 1.165) is 108 Å². The van der Waals surface area contributed by atoms with Gasteiger partial charge in [0.1, 0.15) is 35.4 Å². The van der Waals surface area contributed by atoms with Crippen molar-refractivity contribution in [1.29, 1.82) is 0 Å². The van der Waals surface area contributed by atoms with Crippen LogP contribution in [0.1, 0.15) is 192 Å². The molecular weight excluding hydrogens is 1280 g/mol. The molecule has 0 aromatic heterocycles. The Morgan fingerprint density at radius 2 is 0.948 bits per heavy atom. The zero-order valence-corrected chi connectivity index (χ0v) is 60.6. The molecule has 4 aliphatic carbocycles. The maximum Gasteiger partial charge on any atom is 0.410 e. The Balaban J connectivity index is 0.000000217. The van der Waals surface area contributed by atoms with E-state index < -0.39 is 127 Å². The van der Waals surface area contributed by atoms with Crippen LogP contribution in [0.15, 0.2) is 48.5 Å². The van der Waals surface area contributed by atoms with Crippen LogP contribution in [0.25, 0.3) is 0 Å². The van der Waals surface area contributed by atoms with Gasteiger partial charge in [-0.2, -0.15) is 8.61 Å². The average Bonchev–Trinajstić information content (AvgIpc) is 1.60. The van der Waals surface area contributed by atoms with E-state index in [1.807, 2.05) is 18.2 Å². The van der Waals surface area contributed by atoms with E-state index in [2.05, 4.69) is 46.3 Å². The summed E-state index contributed by atoms with van der Waals surface area (Å²) in [6.45, 7) is 13.9. The highest BCUT2D eigenvalue weighted by Crippen LogP contribution is 2.42. The lowest BCUT2D eigenvalue weighted by atomic mass is 9.82. The van der Waals surface area contributed by atoms with Gasteiger partial charge in [-0.15, -0.1) is 0 Å². The molecule has 0 radical (unpaired) electrons. The second kappa shape index (κ2) is 31.8. The van der Waals surface area contributed by atoms with Gasteiger partial charge in [0.15, 0.2) is 0 Å². The van der Waals surface area contributed by atoms with Gasteiger partial charge in [0.05, 0.1) is 42.5 Å². The molecule has 540 valence electrons. The summed E-state index contributed by atoms with van der Waals surface area (Å²) in [6.07, 6.45) is 16.6. The molecule has 25 nitrogen and oxygen atoms in total. The zero-order chi connectivity index (χ0) is 71.2. The van der Waals surface area contributed by atoms with E-state index in [0.29, 0.717) is 18.9 Å². The van der Waals surface area contributed by atoms with Crippen LogP contribution in [0.2, 0.25) is 0 Å². The predicted octanol–water partition coefficient (Wildman–Crippen LogP) is 6.64. The van der Waals surface area contributed by atoms with Crippen LogP contribution in [0, 0.1) is 23.7 Å². The van der Waals surface area contributed by atoms with Crippen LogP contribution < -0.4 is 21.7 Å². The van der Waals surface area contributed by atoms with Crippen molar-refractivity contribution in [3.05, 3.63) is 70.8 Å². The van der Waals surface area contributed by atoms with Crippen LogP contribution >= 0.6 is 0 Å². The maximum absolute atomic E-state index is 14.6. The number of carbonyl (C=O) groups excluding carboxylic acids is 7. The Morgan fingerprint density at radius 1 is 0.557 bits per heavy atom. The van der Waals surface area contributed by atoms with Crippen molar-refractivity contribution in [2.45, 2.75) is 243 Å². The van der Waals surface area contributed by atoms with Crippen molar-refractivity contribution in [1.82, 2.24) is 44.2 Å². The van der Waals surface area contributed by atoms with Gasteiger partial charge >= 0.3 is 18.2 Å².